The monoisotopic (exact) mass is 362 g/mol. The fraction of sp³-hybridized carbons (Fsp3) is 0.353. The molecule has 1 aliphatic rings. The van der Waals surface area contributed by atoms with Gasteiger partial charge in [0.05, 0.1) is 18.0 Å². The lowest BCUT2D eigenvalue weighted by molar-refractivity contribution is -0.134. The third-order valence-electron chi connectivity index (χ3n) is 4.21. The number of likely N-dealkylation sites (tertiary alicyclic amines) is 1. The van der Waals surface area contributed by atoms with Crippen molar-refractivity contribution in [1.82, 2.24) is 9.88 Å². The summed E-state index contributed by atoms with van der Waals surface area (Å²) in [7, 11) is 0. The Hall–Kier alpha value is -2.99. The van der Waals surface area contributed by atoms with Gasteiger partial charge in [-0.15, -0.1) is 0 Å². The van der Waals surface area contributed by atoms with E-state index in [1.807, 2.05) is 0 Å². The van der Waals surface area contributed by atoms with E-state index in [-0.39, 0.29) is 12.2 Å². The molecule has 3 rings (SSSR count). The number of carbonyl (C=O) groups is 1. The number of nitriles is 1. The first-order valence-corrected chi connectivity index (χ1v) is 7.89. The van der Waals surface area contributed by atoms with Gasteiger partial charge in [0.15, 0.2) is 0 Å². The molecule has 0 bridgehead atoms. The lowest BCUT2D eigenvalue weighted by Gasteiger charge is -2.23. The lowest BCUT2D eigenvalue weighted by Crippen LogP contribution is -2.48. The minimum Gasteiger partial charge on any atom is -0.489 e. The van der Waals surface area contributed by atoms with E-state index in [9.17, 15) is 18.4 Å². The van der Waals surface area contributed by atoms with Gasteiger partial charge in [0.25, 0.3) is 11.5 Å². The summed E-state index contributed by atoms with van der Waals surface area (Å²) in [4.78, 5) is 27.4. The van der Waals surface area contributed by atoms with Gasteiger partial charge in [-0.25, -0.2) is 8.78 Å². The van der Waals surface area contributed by atoms with Crippen LogP contribution in [0.15, 0.2) is 35.3 Å². The molecular weight excluding hydrogens is 346 g/mol. The first-order valence-electron chi connectivity index (χ1n) is 7.89. The van der Waals surface area contributed by atoms with Gasteiger partial charge >= 0.3 is 0 Å². The third-order valence-corrected chi connectivity index (χ3v) is 4.21. The zero-order chi connectivity index (χ0) is 18.9. The number of nitrogens with zero attached hydrogens (tertiary/aromatic N) is 2. The number of nitrogens with two attached hydrogens (primary N) is 1. The number of benzene rings is 1. The minimum atomic E-state index is -3.11. The molecule has 2 heterocycles. The molecular formula is C17H16F2N4O3. The number of hydrogen-bond acceptors (Lipinski definition) is 5. The molecule has 1 aromatic heterocycles. The number of amides is 1. The zero-order valence-corrected chi connectivity index (χ0v) is 13.6. The van der Waals surface area contributed by atoms with Crippen molar-refractivity contribution >= 4 is 16.7 Å². The number of ether oxygens (including phenoxy) is 1. The van der Waals surface area contributed by atoms with Crippen LogP contribution in [0.1, 0.15) is 6.42 Å². The van der Waals surface area contributed by atoms with Crippen LogP contribution in [0.3, 0.4) is 0 Å². The van der Waals surface area contributed by atoms with E-state index in [0.29, 0.717) is 16.5 Å². The Kier molecular flexibility index (Phi) is 4.61. The second kappa shape index (κ2) is 6.72. The van der Waals surface area contributed by atoms with E-state index in [0.717, 1.165) is 4.90 Å². The molecule has 7 nitrogen and oxygen atoms in total. The molecule has 1 unspecified atom stereocenters. The summed E-state index contributed by atoms with van der Waals surface area (Å²) in [6, 6.07) is 6.00. The second-order valence-corrected chi connectivity index (χ2v) is 6.12. The number of carbonyl (C=O) groups excluding carboxylic acids is 1. The van der Waals surface area contributed by atoms with Crippen LogP contribution in [0.4, 0.5) is 8.78 Å². The Balaban J connectivity index is 1.73. The van der Waals surface area contributed by atoms with Crippen LogP contribution >= 0.6 is 0 Å². The molecule has 2 atom stereocenters. The summed E-state index contributed by atoms with van der Waals surface area (Å²) in [6.07, 6.45) is 0.650. The van der Waals surface area contributed by atoms with Crippen molar-refractivity contribution in [2.75, 3.05) is 13.2 Å². The van der Waals surface area contributed by atoms with Gasteiger partial charge in [-0.3, -0.25) is 9.59 Å². The molecule has 9 heteroatoms. The molecule has 136 valence electrons. The van der Waals surface area contributed by atoms with Gasteiger partial charge in [0, 0.05) is 18.0 Å². The number of rotatable bonds is 4. The number of aromatic nitrogens is 1. The SMILES string of the molecule is N#C[C@@H]1CC(F)(F)CN1C(=O)C(N)COc1c[nH]c(=O)c2ccccc12. The molecule has 1 saturated heterocycles. The summed E-state index contributed by atoms with van der Waals surface area (Å²) in [6.45, 7) is -1.12. The summed E-state index contributed by atoms with van der Waals surface area (Å²) in [5, 5.41) is 9.92. The molecule has 3 N–H and O–H groups in total. The third kappa shape index (κ3) is 3.36. The summed E-state index contributed by atoms with van der Waals surface area (Å²) in [5.74, 6) is -3.57. The van der Waals surface area contributed by atoms with Crippen LogP contribution < -0.4 is 16.0 Å². The van der Waals surface area contributed by atoms with Crippen molar-refractivity contribution in [1.29, 1.82) is 5.26 Å². The maximum Gasteiger partial charge on any atom is 0.268 e. The van der Waals surface area contributed by atoms with Crippen LogP contribution in [0, 0.1) is 11.3 Å². The molecule has 1 aromatic carbocycles. The van der Waals surface area contributed by atoms with Crippen LogP contribution in [-0.2, 0) is 4.79 Å². The highest BCUT2D eigenvalue weighted by Gasteiger charge is 2.48. The van der Waals surface area contributed by atoms with Crippen LogP contribution in [0.2, 0.25) is 0 Å². The van der Waals surface area contributed by atoms with Crippen LogP contribution in [0.5, 0.6) is 5.75 Å². The van der Waals surface area contributed by atoms with Crippen molar-refractivity contribution in [3.63, 3.8) is 0 Å². The summed E-state index contributed by atoms with van der Waals surface area (Å²) in [5.41, 5.74) is 5.49. The molecule has 1 amide bonds. The van der Waals surface area contributed by atoms with E-state index in [1.54, 1.807) is 30.3 Å². The quantitative estimate of drug-likeness (QED) is 0.842. The molecule has 0 spiro atoms. The first kappa shape index (κ1) is 17.8. The van der Waals surface area contributed by atoms with E-state index in [2.05, 4.69) is 4.98 Å². The number of pyridine rings is 1. The van der Waals surface area contributed by atoms with Gasteiger partial charge in [-0.1, -0.05) is 18.2 Å². The van der Waals surface area contributed by atoms with Gasteiger partial charge in [0.2, 0.25) is 5.91 Å². The maximum atomic E-state index is 13.5. The topological polar surface area (TPSA) is 112 Å². The van der Waals surface area contributed by atoms with Gasteiger partial charge in [-0.2, -0.15) is 5.26 Å². The maximum absolute atomic E-state index is 13.5. The number of fused-ring (bicyclic) bond motifs is 1. The predicted molar refractivity (Wildman–Crippen MR) is 88.7 cm³/mol. The van der Waals surface area contributed by atoms with E-state index in [1.165, 1.54) is 6.20 Å². The zero-order valence-electron chi connectivity index (χ0n) is 13.6. The van der Waals surface area contributed by atoms with E-state index >= 15 is 0 Å². The second-order valence-electron chi connectivity index (χ2n) is 6.12. The summed E-state index contributed by atoms with van der Waals surface area (Å²) >= 11 is 0. The van der Waals surface area contributed by atoms with Crippen molar-refractivity contribution in [3.8, 4) is 11.8 Å². The average Bonchev–Trinajstić information content (AvgIpc) is 2.95. The van der Waals surface area contributed by atoms with Gasteiger partial charge < -0.3 is 20.4 Å². The number of aromatic amines is 1. The van der Waals surface area contributed by atoms with Crippen LogP contribution in [0.25, 0.3) is 10.8 Å². The highest BCUT2D eigenvalue weighted by Crippen LogP contribution is 2.32. The van der Waals surface area contributed by atoms with Crippen LogP contribution in [-0.4, -0.2) is 46.9 Å². The predicted octanol–water partition coefficient (Wildman–Crippen LogP) is 0.994. The fourth-order valence-electron chi connectivity index (χ4n) is 2.93. The molecule has 0 aliphatic carbocycles. The largest absolute Gasteiger partial charge is 0.489 e. The molecule has 1 aliphatic heterocycles. The Morgan fingerprint density at radius 1 is 1.46 bits per heavy atom. The molecule has 1 fully saturated rings. The highest BCUT2D eigenvalue weighted by atomic mass is 19.3. The smallest absolute Gasteiger partial charge is 0.268 e. The van der Waals surface area contributed by atoms with E-state index < -0.39 is 36.9 Å². The number of halogens is 2. The van der Waals surface area contributed by atoms with Gasteiger partial charge in [0.1, 0.15) is 24.4 Å². The fourth-order valence-corrected chi connectivity index (χ4v) is 2.93. The van der Waals surface area contributed by atoms with Gasteiger partial charge in [-0.05, 0) is 6.07 Å². The number of alkyl halides is 2. The standard InChI is InChI=1S/C17H16F2N4O3/c18-17(19)5-10(6-20)23(9-17)16(25)13(21)8-26-14-7-22-15(24)12-4-2-1-3-11(12)14/h1-4,7,10,13H,5,8-9,21H2,(H,22,24)/t10-,13?/m0/s1. The number of hydrogen-bond donors (Lipinski definition) is 2. The lowest BCUT2D eigenvalue weighted by atomic mass is 10.1. The Labute approximate surface area is 147 Å². The minimum absolute atomic E-state index is 0.283. The number of nitrogens with one attached hydrogen (secondary N) is 1. The Morgan fingerprint density at radius 2 is 2.15 bits per heavy atom. The molecule has 26 heavy (non-hydrogen) atoms. The first-order chi connectivity index (χ1) is 12.3. The van der Waals surface area contributed by atoms with Crippen molar-refractivity contribution < 1.29 is 18.3 Å². The Bertz CT molecular complexity index is 937. The highest BCUT2D eigenvalue weighted by molar-refractivity contribution is 5.87. The molecule has 0 saturated carbocycles. The summed E-state index contributed by atoms with van der Waals surface area (Å²) < 4.78 is 32.5. The average molecular weight is 362 g/mol. The van der Waals surface area contributed by atoms with Crippen molar-refractivity contribution in [2.45, 2.75) is 24.4 Å². The van der Waals surface area contributed by atoms with Crippen molar-refractivity contribution in [2.24, 2.45) is 5.73 Å². The normalized spacial score (nSPS) is 19.9. The molecule has 0 radical (unpaired) electrons. The van der Waals surface area contributed by atoms with E-state index in [4.69, 9.17) is 15.7 Å². The Morgan fingerprint density at radius 3 is 2.85 bits per heavy atom. The number of H-pyrrole nitrogens is 1. The molecule has 2 aromatic rings. The van der Waals surface area contributed by atoms with Crippen molar-refractivity contribution in [3.05, 3.63) is 40.8 Å².